The molecule has 4 nitrogen and oxygen atoms in total. The number of hydrogen-bond donors (Lipinski definition) is 1. The number of Topliss-reactive ketones (excluding diaryl/α,β-unsaturated/α-hetero) is 1. The number of aliphatic imine (C=N–C) groups is 1. The highest BCUT2D eigenvalue weighted by molar-refractivity contribution is 6.14. The zero-order valence-electron chi connectivity index (χ0n) is 21.3. The van der Waals surface area contributed by atoms with Gasteiger partial charge in [-0.2, -0.15) is 0 Å². The van der Waals surface area contributed by atoms with Crippen molar-refractivity contribution in [2.45, 2.75) is 63.7 Å². The van der Waals surface area contributed by atoms with E-state index < -0.39 is 0 Å². The van der Waals surface area contributed by atoms with Crippen LogP contribution >= 0.6 is 0 Å². The minimum absolute atomic E-state index is 0.148. The number of ketones is 1. The second-order valence-electron chi connectivity index (χ2n) is 10.6. The molecule has 1 saturated heterocycles. The van der Waals surface area contributed by atoms with Crippen LogP contribution in [-0.2, 0) is 17.6 Å². The average Bonchev–Trinajstić information content (AvgIpc) is 3.72. The summed E-state index contributed by atoms with van der Waals surface area (Å²) in [7, 11) is 0. The smallest absolute Gasteiger partial charge is 0.163 e. The number of allylic oxidation sites excluding steroid dienone is 1. The Morgan fingerprint density at radius 2 is 1.76 bits per heavy atom. The van der Waals surface area contributed by atoms with Gasteiger partial charge >= 0.3 is 0 Å². The molecule has 188 valence electrons. The summed E-state index contributed by atoms with van der Waals surface area (Å²) in [5.74, 6) is 0.887. The molecule has 3 aliphatic rings. The molecule has 0 spiro atoms. The number of carbonyl (C=O) groups is 1. The van der Waals surface area contributed by atoms with Crippen LogP contribution in [0.3, 0.4) is 0 Å². The molecule has 1 N–H and O–H groups in total. The molecule has 0 aromatic heterocycles. The summed E-state index contributed by atoms with van der Waals surface area (Å²) in [5, 5.41) is 3.55. The van der Waals surface area contributed by atoms with Crippen LogP contribution in [0.15, 0.2) is 89.9 Å². The van der Waals surface area contributed by atoms with Crippen LogP contribution in [0.5, 0.6) is 0 Å². The van der Waals surface area contributed by atoms with Gasteiger partial charge in [0.15, 0.2) is 12.0 Å². The fraction of sp³-hybridized carbons (Fsp3) is 0.333. The van der Waals surface area contributed by atoms with Crippen molar-refractivity contribution < 1.29 is 9.53 Å². The molecule has 2 atom stereocenters. The standard InChI is InChI=1S/C33H34N2O2/c1-22-20-27-14-12-23(13-19-30(36)24-8-4-2-5-9-24)21-29(27)35-31(22)25-15-17-28(18-16-25)34-33-32(37-33)26-10-6-3-7-11-26/h2,4-5,8-9,12,14-18,21,26,32-34H,1,3,6-7,10-11,13,19-20H2. The number of aryl methyl sites for hydroxylation is 1. The van der Waals surface area contributed by atoms with Gasteiger partial charge in [-0.25, -0.2) is 4.99 Å². The van der Waals surface area contributed by atoms with E-state index >= 15 is 0 Å². The fourth-order valence-electron chi connectivity index (χ4n) is 5.78. The fourth-order valence-corrected chi connectivity index (χ4v) is 5.78. The number of anilines is 1. The number of carbonyl (C=O) groups excluding carboxylic acids is 1. The molecule has 1 aliphatic carbocycles. The van der Waals surface area contributed by atoms with Gasteiger partial charge in [0.1, 0.15) is 6.10 Å². The predicted molar refractivity (Wildman–Crippen MR) is 150 cm³/mol. The second kappa shape index (κ2) is 10.5. The Hall–Kier alpha value is -3.50. The minimum atomic E-state index is 0.148. The lowest BCUT2D eigenvalue weighted by Gasteiger charge is -2.20. The first kappa shape index (κ1) is 23.9. The normalized spacial score (nSPS) is 21.2. The average molecular weight is 491 g/mol. The second-order valence-corrected chi connectivity index (χ2v) is 10.6. The van der Waals surface area contributed by atoms with E-state index in [9.17, 15) is 4.79 Å². The Morgan fingerprint density at radius 3 is 2.54 bits per heavy atom. The van der Waals surface area contributed by atoms with Crippen LogP contribution in [-0.4, -0.2) is 23.8 Å². The number of rotatable bonds is 8. The molecule has 1 saturated carbocycles. The van der Waals surface area contributed by atoms with Crippen molar-refractivity contribution in [1.82, 2.24) is 0 Å². The Balaban J connectivity index is 1.11. The van der Waals surface area contributed by atoms with Crippen molar-refractivity contribution in [3.8, 4) is 0 Å². The maximum absolute atomic E-state index is 12.5. The van der Waals surface area contributed by atoms with Crippen LogP contribution in [0.25, 0.3) is 0 Å². The first-order chi connectivity index (χ1) is 18.1. The number of ether oxygens (including phenoxy) is 1. The molecule has 6 rings (SSSR count). The topological polar surface area (TPSA) is 54.0 Å². The molecular formula is C33H34N2O2. The molecule has 2 aliphatic heterocycles. The summed E-state index contributed by atoms with van der Waals surface area (Å²) in [6.07, 6.45) is 9.17. The summed E-state index contributed by atoms with van der Waals surface area (Å²) >= 11 is 0. The Morgan fingerprint density at radius 1 is 0.973 bits per heavy atom. The van der Waals surface area contributed by atoms with E-state index in [2.05, 4.69) is 54.4 Å². The first-order valence-electron chi connectivity index (χ1n) is 13.6. The van der Waals surface area contributed by atoms with Gasteiger partial charge in [0.25, 0.3) is 0 Å². The SMILES string of the molecule is C=C1Cc2ccc(CCC(=O)c3ccccc3)cc2N=C1c1ccc(NC2OC2C2CCCCC2)cc1. The van der Waals surface area contributed by atoms with Crippen LogP contribution in [0, 0.1) is 5.92 Å². The number of nitrogens with one attached hydrogen (secondary N) is 1. The third-order valence-corrected chi connectivity index (χ3v) is 7.96. The minimum Gasteiger partial charge on any atom is -0.358 e. The molecule has 2 fully saturated rings. The largest absolute Gasteiger partial charge is 0.358 e. The highest BCUT2D eigenvalue weighted by Crippen LogP contribution is 2.39. The van der Waals surface area contributed by atoms with Gasteiger partial charge in [0.2, 0.25) is 0 Å². The van der Waals surface area contributed by atoms with Gasteiger partial charge < -0.3 is 10.1 Å². The quantitative estimate of drug-likeness (QED) is 0.263. The summed E-state index contributed by atoms with van der Waals surface area (Å²) < 4.78 is 5.96. The van der Waals surface area contributed by atoms with Crippen LogP contribution < -0.4 is 5.32 Å². The molecule has 2 heterocycles. The van der Waals surface area contributed by atoms with Gasteiger partial charge in [0, 0.05) is 29.7 Å². The van der Waals surface area contributed by atoms with Gasteiger partial charge in [-0.3, -0.25) is 4.79 Å². The van der Waals surface area contributed by atoms with E-state index in [4.69, 9.17) is 9.73 Å². The number of fused-ring (bicyclic) bond motifs is 1. The highest BCUT2D eigenvalue weighted by atomic mass is 16.6. The molecule has 0 amide bonds. The van der Waals surface area contributed by atoms with Gasteiger partial charge in [-0.15, -0.1) is 0 Å². The van der Waals surface area contributed by atoms with E-state index in [0.717, 1.165) is 45.8 Å². The Labute approximate surface area is 219 Å². The molecule has 3 aromatic carbocycles. The van der Waals surface area contributed by atoms with E-state index in [1.54, 1.807) is 0 Å². The Bertz CT molecular complexity index is 1320. The highest BCUT2D eigenvalue weighted by Gasteiger charge is 2.44. The summed E-state index contributed by atoms with van der Waals surface area (Å²) in [6.45, 7) is 4.32. The lowest BCUT2D eigenvalue weighted by molar-refractivity contribution is 0.0983. The van der Waals surface area contributed by atoms with E-state index in [0.29, 0.717) is 24.9 Å². The molecule has 2 unspecified atom stereocenters. The maximum Gasteiger partial charge on any atom is 0.163 e. The van der Waals surface area contributed by atoms with E-state index in [1.165, 1.54) is 37.7 Å². The lowest BCUT2D eigenvalue weighted by Crippen LogP contribution is -2.18. The molecule has 3 aromatic rings. The zero-order chi connectivity index (χ0) is 25.2. The zero-order valence-corrected chi connectivity index (χ0v) is 21.3. The number of nitrogens with zero attached hydrogens (tertiary/aromatic N) is 1. The predicted octanol–water partition coefficient (Wildman–Crippen LogP) is 7.45. The lowest BCUT2D eigenvalue weighted by atomic mass is 9.86. The third-order valence-electron chi connectivity index (χ3n) is 7.96. The summed E-state index contributed by atoms with van der Waals surface area (Å²) in [4.78, 5) is 17.5. The molecule has 0 bridgehead atoms. The molecule has 4 heteroatoms. The van der Waals surface area contributed by atoms with Crippen molar-refractivity contribution in [1.29, 1.82) is 0 Å². The number of epoxide rings is 1. The number of benzene rings is 3. The Kier molecular flexibility index (Phi) is 6.75. The first-order valence-corrected chi connectivity index (χ1v) is 13.6. The van der Waals surface area contributed by atoms with Crippen LogP contribution in [0.4, 0.5) is 11.4 Å². The molecular weight excluding hydrogens is 456 g/mol. The van der Waals surface area contributed by atoms with Gasteiger partial charge in [0.05, 0.1) is 11.4 Å². The van der Waals surface area contributed by atoms with Crippen molar-refractivity contribution in [3.05, 3.63) is 107 Å². The van der Waals surface area contributed by atoms with Crippen LogP contribution in [0.2, 0.25) is 0 Å². The third kappa shape index (κ3) is 5.45. The summed E-state index contributed by atoms with van der Waals surface area (Å²) in [6, 6.07) is 24.4. The van der Waals surface area contributed by atoms with Crippen molar-refractivity contribution in [3.63, 3.8) is 0 Å². The molecule has 0 radical (unpaired) electrons. The molecule has 37 heavy (non-hydrogen) atoms. The summed E-state index contributed by atoms with van der Waals surface area (Å²) in [5.41, 5.74) is 8.21. The van der Waals surface area contributed by atoms with Crippen molar-refractivity contribution >= 4 is 22.9 Å². The van der Waals surface area contributed by atoms with Crippen molar-refractivity contribution in [2.24, 2.45) is 10.9 Å². The van der Waals surface area contributed by atoms with Gasteiger partial charge in [-0.05, 0) is 60.1 Å². The van der Waals surface area contributed by atoms with Gasteiger partial charge in [-0.1, -0.05) is 80.4 Å². The number of hydrogen-bond acceptors (Lipinski definition) is 4. The van der Waals surface area contributed by atoms with Crippen molar-refractivity contribution in [2.75, 3.05) is 5.32 Å². The van der Waals surface area contributed by atoms with Crippen LogP contribution in [0.1, 0.15) is 65.6 Å². The van der Waals surface area contributed by atoms with E-state index in [-0.39, 0.29) is 12.0 Å². The van der Waals surface area contributed by atoms with E-state index in [1.807, 2.05) is 30.3 Å². The monoisotopic (exact) mass is 490 g/mol. The maximum atomic E-state index is 12.5.